The normalized spacial score (nSPS) is 10.5. The minimum absolute atomic E-state index is 0.123. The Morgan fingerprint density at radius 3 is 2.75 bits per heavy atom. The number of hydrogen-bond donors (Lipinski definition) is 2. The molecule has 0 bridgehead atoms. The van der Waals surface area contributed by atoms with Crippen LogP contribution in [0.1, 0.15) is 18.9 Å². The number of aromatic nitrogens is 1. The van der Waals surface area contributed by atoms with Crippen molar-refractivity contribution in [3.05, 3.63) is 16.2 Å². The second-order valence-corrected chi connectivity index (χ2v) is 4.48. The zero-order valence-electron chi connectivity index (χ0n) is 9.70. The second-order valence-electron chi connectivity index (χ2n) is 3.69. The molecule has 0 saturated heterocycles. The number of pyridine rings is 1. The van der Waals surface area contributed by atoms with E-state index in [1.807, 2.05) is 6.92 Å². The van der Waals surface area contributed by atoms with E-state index in [1.165, 1.54) is 0 Å². The lowest BCUT2D eigenvalue weighted by Gasteiger charge is -2.24. The van der Waals surface area contributed by atoms with Crippen molar-refractivity contribution in [2.75, 3.05) is 30.3 Å². The summed E-state index contributed by atoms with van der Waals surface area (Å²) in [6.07, 6.45) is 2.67. The molecule has 0 atom stereocenters. The molecule has 0 unspecified atom stereocenters. The van der Waals surface area contributed by atoms with E-state index in [0.29, 0.717) is 12.2 Å². The minimum Gasteiger partial charge on any atom is -0.397 e. The van der Waals surface area contributed by atoms with E-state index in [2.05, 4.69) is 32.7 Å². The summed E-state index contributed by atoms with van der Waals surface area (Å²) in [7, 11) is 0. The van der Waals surface area contributed by atoms with Gasteiger partial charge in [-0.05, 0) is 34.8 Å². The minimum atomic E-state index is 0.123. The van der Waals surface area contributed by atoms with E-state index in [-0.39, 0.29) is 6.61 Å². The third-order valence-corrected chi connectivity index (χ3v) is 3.40. The number of nitrogens with two attached hydrogens (primary N) is 1. The Bertz CT molecular complexity index is 351. The maximum atomic E-state index is 9.03. The van der Waals surface area contributed by atoms with Gasteiger partial charge in [0.05, 0.1) is 23.0 Å². The highest BCUT2D eigenvalue weighted by atomic mass is 79.9. The molecule has 4 nitrogen and oxygen atoms in total. The van der Waals surface area contributed by atoms with Crippen molar-refractivity contribution in [2.24, 2.45) is 0 Å². The molecule has 0 aliphatic heterocycles. The van der Waals surface area contributed by atoms with E-state index < -0.39 is 0 Å². The predicted molar refractivity (Wildman–Crippen MR) is 70.7 cm³/mol. The number of anilines is 2. The monoisotopic (exact) mass is 287 g/mol. The number of nitrogens with zero attached hydrogens (tertiary/aromatic N) is 2. The highest BCUT2D eigenvalue weighted by molar-refractivity contribution is 9.10. The van der Waals surface area contributed by atoms with Crippen molar-refractivity contribution in [1.29, 1.82) is 0 Å². The first-order chi connectivity index (χ1) is 7.61. The fourth-order valence-electron chi connectivity index (χ4n) is 1.51. The van der Waals surface area contributed by atoms with Crippen LogP contribution in [0.4, 0.5) is 11.5 Å². The third kappa shape index (κ3) is 2.86. The summed E-state index contributed by atoms with van der Waals surface area (Å²) in [6, 6.07) is 0. The zero-order valence-corrected chi connectivity index (χ0v) is 11.3. The van der Waals surface area contributed by atoms with Gasteiger partial charge < -0.3 is 15.7 Å². The molecular weight excluding hydrogens is 270 g/mol. The Labute approximate surface area is 105 Å². The Morgan fingerprint density at radius 2 is 2.19 bits per heavy atom. The lowest BCUT2D eigenvalue weighted by Crippen LogP contribution is -2.28. The highest BCUT2D eigenvalue weighted by Crippen LogP contribution is 2.30. The van der Waals surface area contributed by atoms with E-state index in [4.69, 9.17) is 10.8 Å². The largest absolute Gasteiger partial charge is 0.397 e. The standard InChI is InChI=1S/C11H18BrN3O/c1-3-4-15(5-6-16)11-10(12)8(2)9(13)7-14-11/h7,16H,3-6,13H2,1-2H3. The van der Waals surface area contributed by atoms with Gasteiger partial charge in [0.25, 0.3) is 0 Å². The molecule has 1 rings (SSSR count). The fraction of sp³-hybridized carbons (Fsp3) is 0.545. The van der Waals surface area contributed by atoms with E-state index in [9.17, 15) is 0 Å². The molecule has 0 spiro atoms. The quantitative estimate of drug-likeness (QED) is 0.869. The predicted octanol–water partition coefficient (Wildman–Crippen LogP) is 1.94. The Kier molecular flexibility index (Phi) is 5.02. The number of aliphatic hydroxyl groups excluding tert-OH is 1. The Morgan fingerprint density at radius 1 is 1.50 bits per heavy atom. The van der Waals surface area contributed by atoms with Crippen LogP contribution in [0.3, 0.4) is 0 Å². The van der Waals surface area contributed by atoms with Crippen LogP contribution in [-0.4, -0.2) is 29.8 Å². The first-order valence-corrected chi connectivity index (χ1v) is 6.17. The Balaban J connectivity index is 3.04. The average molecular weight is 288 g/mol. The van der Waals surface area contributed by atoms with Crippen LogP contribution in [0, 0.1) is 6.92 Å². The number of aliphatic hydroxyl groups is 1. The first kappa shape index (κ1) is 13.3. The lowest BCUT2D eigenvalue weighted by molar-refractivity contribution is 0.301. The molecule has 3 N–H and O–H groups in total. The molecule has 0 aliphatic carbocycles. The summed E-state index contributed by atoms with van der Waals surface area (Å²) >= 11 is 3.51. The maximum Gasteiger partial charge on any atom is 0.143 e. The van der Waals surface area contributed by atoms with Crippen LogP contribution in [0.25, 0.3) is 0 Å². The summed E-state index contributed by atoms with van der Waals surface area (Å²) in [6.45, 7) is 5.63. The van der Waals surface area contributed by atoms with Crippen molar-refractivity contribution in [2.45, 2.75) is 20.3 Å². The molecule has 0 aliphatic rings. The Hall–Kier alpha value is -0.810. The van der Waals surface area contributed by atoms with Gasteiger partial charge in [0.1, 0.15) is 5.82 Å². The zero-order chi connectivity index (χ0) is 12.1. The van der Waals surface area contributed by atoms with Gasteiger partial charge in [0.15, 0.2) is 0 Å². The molecule has 1 aromatic heterocycles. The SMILES string of the molecule is CCCN(CCO)c1ncc(N)c(C)c1Br. The third-order valence-electron chi connectivity index (χ3n) is 2.45. The van der Waals surface area contributed by atoms with Crippen LogP contribution >= 0.6 is 15.9 Å². The summed E-state index contributed by atoms with van der Waals surface area (Å²) in [5, 5.41) is 9.03. The summed E-state index contributed by atoms with van der Waals surface area (Å²) < 4.78 is 0.911. The number of rotatable bonds is 5. The van der Waals surface area contributed by atoms with Crippen molar-refractivity contribution in [3.63, 3.8) is 0 Å². The van der Waals surface area contributed by atoms with Gasteiger partial charge in [0.2, 0.25) is 0 Å². The fourth-order valence-corrected chi connectivity index (χ4v) is 2.10. The summed E-state index contributed by atoms with van der Waals surface area (Å²) in [4.78, 5) is 6.37. The van der Waals surface area contributed by atoms with Gasteiger partial charge in [0, 0.05) is 13.1 Å². The molecule has 0 fully saturated rings. The maximum absolute atomic E-state index is 9.03. The molecule has 1 heterocycles. The molecule has 0 radical (unpaired) electrons. The van der Waals surface area contributed by atoms with Gasteiger partial charge in [-0.25, -0.2) is 4.98 Å². The van der Waals surface area contributed by atoms with Crippen LogP contribution in [0.15, 0.2) is 10.7 Å². The second kappa shape index (κ2) is 6.06. The van der Waals surface area contributed by atoms with Crippen molar-refractivity contribution in [1.82, 2.24) is 4.98 Å². The molecular formula is C11H18BrN3O. The van der Waals surface area contributed by atoms with Gasteiger partial charge >= 0.3 is 0 Å². The van der Waals surface area contributed by atoms with Crippen LogP contribution < -0.4 is 10.6 Å². The summed E-state index contributed by atoms with van der Waals surface area (Å²) in [5.41, 5.74) is 7.44. The topological polar surface area (TPSA) is 62.4 Å². The van der Waals surface area contributed by atoms with Crippen molar-refractivity contribution < 1.29 is 5.11 Å². The van der Waals surface area contributed by atoms with Crippen LogP contribution in [0.5, 0.6) is 0 Å². The molecule has 0 amide bonds. The molecule has 0 aromatic carbocycles. The first-order valence-electron chi connectivity index (χ1n) is 5.38. The van der Waals surface area contributed by atoms with Gasteiger partial charge in [-0.2, -0.15) is 0 Å². The van der Waals surface area contributed by atoms with Crippen molar-refractivity contribution in [3.8, 4) is 0 Å². The van der Waals surface area contributed by atoms with Gasteiger partial charge in [-0.15, -0.1) is 0 Å². The molecule has 5 heteroatoms. The number of halogens is 1. The molecule has 16 heavy (non-hydrogen) atoms. The molecule has 0 saturated carbocycles. The highest BCUT2D eigenvalue weighted by Gasteiger charge is 2.13. The van der Waals surface area contributed by atoms with Crippen molar-refractivity contribution >= 4 is 27.4 Å². The number of nitrogen functional groups attached to an aromatic ring is 1. The smallest absolute Gasteiger partial charge is 0.143 e. The average Bonchev–Trinajstić information content (AvgIpc) is 2.26. The van der Waals surface area contributed by atoms with Crippen LogP contribution in [-0.2, 0) is 0 Å². The molecule has 90 valence electrons. The van der Waals surface area contributed by atoms with E-state index in [1.54, 1.807) is 6.20 Å². The van der Waals surface area contributed by atoms with E-state index >= 15 is 0 Å². The van der Waals surface area contributed by atoms with Crippen LogP contribution in [0.2, 0.25) is 0 Å². The number of hydrogen-bond acceptors (Lipinski definition) is 4. The van der Waals surface area contributed by atoms with Gasteiger partial charge in [-0.3, -0.25) is 0 Å². The summed E-state index contributed by atoms with van der Waals surface area (Å²) in [5.74, 6) is 0.850. The van der Waals surface area contributed by atoms with Gasteiger partial charge in [-0.1, -0.05) is 6.92 Å². The van der Waals surface area contributed by atoms with E-state index in [0.717, 1.165) is 28.8 Å². The lowest BCUT2D eigenvalue weighted by atomic mass is 10.2. The molecule has 1 aromatic rings.